The predicted molar refractivity (Wildman–Crippen MR) is 76.4 cm³/mol. The molecular weight excluding hydrogens is 259 g/mol. The van der Waals surface area contributed by atoms with Gasteiger partial charge in [-0.05, 0) is 31.5 Å². The third kappa shape index (κ3) is 2.93. The summed E-state index contributed by atoms with van der Waals surface area (Å²) >= 11 is 0. The molecule has 0 spiro atoms. The zero-order chi connectivity index (χ0) is 14.6. The molecule has 1 heterocycles. The number of benzene rings is 1. The van der Waals surface area contributed by atoms with Gasteiger partial charge in [0.1, 0.15) is 0 Å². The third-order valence-corrected chi connectivity index (χ3v) is 3.86. The van der Waals surface area contributed by atoms with Crippen molar-refractivity contribution >= 4 is 11.6 Å². The van der Waals surface area contributed by atoms with Crippen molar-refractivity contribution in [1.29, 1.82) is 0 Å². The molecule has 1 aromatic carbocycles. The standard InChI is InChI=1S/C15H21FN2O2/c1-3-6-15(7-8-17-10-15)14(19)18-11-4-5-12(16)13(9-11)20-2/h4-5,9,17H,3,6-8,10H2,1-2H3,(H,18,19). The lowest BCUT2D eigenvalue weighted by atomic mass is 9.81. The van der Waals surface area contributed by atoms with E-state index in [0.29, 0.717) is 12.2 Å². The molecule has 0 aromatic heterocycles. The summed E-state index contributed by atoms with van der Waals surface area (Å²) in [7, 11) is 1.41. The molecule has 20 heavy (non-hydrogen) atoms. The second-order valence-corrected chi connectivity index (χ2v) is 5.26. The maximum atomic E-state index is 13.4. The van der Waals surface area contributed by atoms with E-state index in [-0.39, 0.29) is 17.1 Å². The molecule has 2 N–H and O–H groups in total. The Hall–Kier alpha value is -1.62. The summed E-state index contributed by atoms with van der Waals surface area (Å²) in [6.45, 7) is 3.64. The molecule has 0 aliphatic carbocycles. The summed E-state index contributed by atoms with van der Waals surface area (Å²) in [5, 5.41) is 6.14. The van der Waals surface area contributed by atoms with E-state index < -0.39 is 5.82 Å². The van der Waals surface area contributed by atoms with Crippen molar-refractivity contribution in [2.75, 3.05) is 25.5 Å². The normalized spacial score (nSPS) is 21.8. The Kier molecular flexibility index (Phi) is 4.60. The van der Waals surface area contributed by atoms with Crippen LogP contribution < -0.4 is 15.4 Å². The van der Waals surface area contributed by atoms with Crippen molar-refractivity contribution in [1.82, 2.24) is 5.32 Å². The quantitative estimate of drug-likeness (QED) is 0.871. The maximum absolute atomic E-state index is 13.4. The fourth-order valence-electron chi connectivity index (χ4n) is 2.74. The van der Waals surface area contributed by atoms with Gasteiger partial charge in [0, 0.05) is 18.3 Å². The van der Waals surface area contributed by atoms with Crippen LogP contribution >= 0.6 is 0 Å². The molecule has 1 unspecified atom stereocenters. The van der Waals surface area contributed by atoms with E-state index in [0.717, 1.165) is 25.8 Å². The first-order valence-corrected chi connectivity index (χ1v) is 6.97. The number of hydrogen-bond acceptors (Lipinski definition) is 3. The largest absolute Gasteiger partial charge is 0.494 e. The van der Waals surface area contributed by atoms with Crippen molar-refractivity contribution in [2.45, 2.75) is 26.2 Å². The lowest BCUT2D eigenvalue weighted by molar-refractivity contribution is -0.125. The number of hydrogen-bond donors (Lipinski definition) is 2. The number of methoxy groups -OCH3 is 1. The number of anilines is 1. The van der Waals surface area contributed by atoms with Crippen LogP contribution in [0.3, 0.4) is 0 Å². The Balaban J connectivity index is 2.14. The number of ether oxygens (including phenoxy) is 1. The number of rotatable bonds is 5. The monoisotopic (exact) mass is 280 g/mol. The summed E-state index contributed by atoms with van der Waals surface area (Å²) in [5.74, 6) is -0.300. The van der Waals surface area contributed by atoms with Gasteiger partial charge in [-0.15, -0.1) is 0 Å². The van der Waals surface area contributed by atoms with Crippen molar-refractivity contribution in [3.05, 3.63) is 24.0 Å². The molecule has 1 aliphatic heterocycles. The zero-order valence-corrected chi connectivity index (χ0v) is 12.0. The fourth-order valence-corrected chi connectivity index (χ4v) is 2.74. The highest BCUT2D eigenvalue weighted by Crippen LogP contribution is 2.33. The van der Waals surface area contributed by atoms with Crippen LogP contribution in [0.15, 0.2) is 18.2 Å². The molecule has 0 radical (unpaired) electrons. The highest BCUT2D eigenvalue weighted by molar-refractivity contribution is 5.95. The number of amides is 1. The fraction of sp³-hybridized carbons (Fsp3) is 0.533. The van der Waals surface area contributed by atoms with Gasteiger partial charge in [0.15, 0.2) is 11.6 Å². The molecule has 0 saturated carbocycles. The summed E-state index contributed by atoms with van der Waals surface area (Å²) in [6.07, 6.45) is 2.65. The SMILES string of the molecule is CCCC1(C(=O)Nc2ccc(F)c(OC)c2)CCNC1. The smallest absolute Gasteiger partial charge is 0.231 e. The van der Waals surface area contributed by atoms with Crippen LogP contribution in [0, 0.1) is 11.2 Å². The minimum absolute atomic E-state index is 0.00184. The van der Waals surface area contributed by atoms with E-state index in [1.165, 1.54) is 19.2 Å². The van der Waals surface area contributed by atoms with Crippen molar-refractivity contribution in [3.63, 3.8) is 0 Å². The first-order chi connectivity index (χ1) is 9.61. The number of nitrogens with one attached hydrogen (secondary N) is 2. The first-order valence-electron chi connectivity index (χ1n) is 6.97. The van der Waals surface area contributed by atoms with Gasteiger partial charge in [-0.3, -0.25) is 4.79 Å². The molecule has 1 atom stereocenters. The van der Waals surface area contributed by atoms with Crippen LogP contribution in [-0.4, -0.2) is 26.1 Å². The molecule has 2 rings (SSSR count). The van der Waals surface area contributed by atoms with Crippen molar-refractivity contribution in [3.8, 4) is 5.75 Å². The Morgan fingerprint density at radius 1 is 1.55 bits per heavy atom. The minimum atomic E-state index is -0.434. The Morgan fingerprint density at radius 2 is 2.35 bits per heavy atom. The summed E-state index contributed by atoms with van der Waals surface area (Å²) < 4.78 is 18.3. The summed E-state index contributed by atoms with van der Waals surface area (Å²) in [6, 6.07) is 4.36. The molecule has 0 bridgehead atoms. The van der Waals surface area contributed by atoms with E-state index in [1.807, 2.05) is 0 Å². The molecular formula is C15H21FN2O2. The highest BCUT2D eigenvalue weighted by atomic mass is 19.1. The van der Waals surface area contributed by atoms with Crippen molar-refractivity contribution in [2.24, 2.45) is 5.41 Å². The Morgan fingerprint density at radius 3 is 2.95 bits per heavy atom. The van der Waals surface area contributed by atoms with Crippen molar-refractivity contribution < 1.29 is 13.9 Å². The Bertz CT molecular complexity index is 485. The van der Waals surface area contributed by atoms with E-state index in [9.17, 15) is 9.18 Å². The zero-order valence-electron chi connectivity index (χ0n) is 12.0. The molecule has 1 fully saturated rings. The predicted octanol–water partition coefficient (Wildman–Crippen LogP) is 2.55. The second kappa shape index (κ2) is 6.22. The third-order valence-electron chi connectivity index (χ3n) is 3.86. The summed E-state index contributed by atoms with van der Waals surface area (Å²) in [4.78, 5) is 12.5. The van der Waals surface area contributed by atoms with Crippen LogP contribution in [0.25, 0.3) is 0 Å². The van der Waals surface area contributed by atoms with Crippen LogP contribution in [0.1, 0.15) is 26.2 Å². The van der Waals surface area contributed by atoms with Gasteiger partial charge in [-0.1, -0.05) is 13.3 Å². The van der Waals surface area contributed by atoms with E-state index in [4.69, 9.17) is 4.74 Å². The Labute approximate surface area is 118 Å². The molecule has 1 saturated heterocycles. The van der Waals surface area contributed by atoms with Crippen LogP contribution in [-0.2, 0) is 4.79 Å². The molecule has 110 valence electrons. The molecule has 1 aliphatic rings. The lowest BCUT2D eigenvalue weighted by Gasteiger charge is -2.26. The van der Waals surface area contributed by atoms with Gasteiger partial charge in [-0.25, -0.2) is 4.39 Å². The van der Waals surface area contributed by atoms with E-state index in [1.54, 1.807) is 6.07 Å². The van der Waals surface area contributed by atoms with E-state index >= 15 is 0 Å². The van der Waals surface area contributed by atoms with Gasteiger partial charge in [0.25, 0.3) is 0 Å². The number of carbonyl (C=O) groups excluding carboxylic acids is 1. The molecule has 4 nitrogen and oxygen atoms in total. The van der Waals surface area contributed by atoms with Gasteiger partial charge in [-0.2, -0.15) is 0 Å². The van der Waals surface area contributed by atoms with Crippen LogP contribution in [0.5, 0.6) is 5.75 Å². The average molecular weight is 280 g/mol. The van der Waals surface area contributed by atoms with Gasteiger partial charge < -0.3 is 15.4 Å². The highest BCUT2D eigenvalue weighted by Gasteiger charge is 2.40. The topological polar surface area (TPSA) is 50.4 Å². The maximum Gasteiger partial charge on any atom is 0.231 e. The minimum Gasteiger partial charge on any atom is -0.494 e. The van der Waals surface area contributed by atoms with Gasteiger partial charge in [0.05, 0.1) is 12.5 Å². The molecule has 1 amide bonds. The average Bonchev–Trinajstić information content (AvgIpc) is 2.91. The molecule has 1 aromatic rings. The number of carbonyl (C=O) groups is 1. The van der Waals surface area contributed by atoms with E-state index in [2.05, 4.69) is 17.6 Å². The van der Waals surface area contributed by atoms with Crippen LogP contribution in [0.4, 0.5) is 10.1 Å². The number of halogens is 1. The molecule has 5 heteroatoms. The summed E-state index contributed by atoms with van der Waals surface area (Å²) in [5.41, 5.74) is 0.215. The second-order valence-electron chi connectivity index (χ2n) is 5.26. The first kappa shape index (κ1) is 14.8. The van der Waals surface area contributed by atoms with Gasteiger partial charge >= 0.3 is 0 Å². The van der Waals surface area contributed by atoms with Crippen LogP contribution in [0.2, 0.25) is 0 Å². The lowest BCUT2D eigenvalue weighted by Crippen LogP contribution is -2.38. The van der Waals surface area contributed by atoms with Gasteiger partial charge in [0.2, 0.25) is 5.91 Å².